The molecule has 1 N–H and O–H groups in total. The van der Waals surface area contributed by atoms with Crippen LogP contribution in [-0.2, 0) is 14.8 Å². The topological polar surface area (TPSA) is 86.8 Å². The highest BCUT2D eigenvalue weighted by molar-refractivity contribution is 7.93. The largest absolute Gasteiger partial charge is 0.345 e. The highest BCUT2D eigenvalue weighted by Crippen LogP contribution is 2.24. The van der Waals surface area contributed by atoms with Gasteiger partial charge in [-0.3, -0.25) is 13.9 Å². The van der Waals surface area contributed by atoms with Crippen molar-refractivity contribution in [3.05, 3.63) is 65.7 Å². The van der Waals surface area contributed by atoms with Gasteiger partial charge in [0.2, 0.25) is 15.9 Å². The van der Waals surface area contributed by atoms with E-state index in [-0.39, 0.29) is 17.6 Å². The van der Waals surface area contributed by atoms with E-state index in [2.05, 4.69) is 5.32 Å². The van der Waals surface area contributed by atoms with Gasteiger partial charge in [0.1, 0.15) is 0 Å². The minimum absolute atomic E-state index is 0.173. The summed E-state index contributed by atoms with van der Waals surface area (Å²) in [7, 11) is 0.0909. The lowest BCUT2D eigenvalue weighted by Gasteiger charge is -2.16. The van der Waals surface area contributed by atoms with Crippen LogP contribution in [-0.4, -0.2) is 51.5 Å². The van der Waals surface area contributed by atoms with E-state index >= 15 is 0 Å². The number of nitrogens with zero attached hydrogens (tertiary/aromatic N) is 2. The van der Waals surface area contributed by atoms with E-state index < -0.39 is 10.0 Å². The van der Waals surface area contributed by atoms with E-state index in [0.717, 1.165) is 5.56 Å². The molecular weight excluding hydrogens is 390 g/mol. The second-order valence-corrected chi connectivity index (χ2v) is 8.91. The van der Waals surface area contributed by atoms with Crippen LogP contribution in [0, 0.1) is 0 Å². The van der Waals surface area contributed by atoms with E-state index in [1.807, 2.05) is 0 Å². The number of carbonyl (C=O) groups excluding carboxylic acids is 2. The van der Waals surface area contributed by atoms with Crippen molar-refractivity contribution < 1.29 is 18.0 Å². The van der Waals surface area contributed by atoms with Crippen molar-refractivity contribution in [1.82, 2.24) is 4.90 Å². The molecule has 1 aliphatic heterocycles. The van der Waals surface area contributed by atoms with Gasteiger partial charge in [-0.1, -0.05) is 24.3 Å². The van der Waals surface area contributed by atoms with Crippen LogP contribution in [0.25, 0.3) is 6.08 Å². The first kappa shape index (κ1) is 20.6. The molecule has 7 nitrogen and oxygen atoms in total. The number of benzene rings is 2. The van der Waals surface area contributed by atoms with Crippen LogP contribution in [0.1, 0.15) is 22.3 Å². The molecule has 29 heavy (non-hydrogen) atoms. The van der Waals surface area contributed by atoms with Gasteiger partial charge in [0.15, 0.2) is 0 Å². The molecule has 0 spiro atoms. The fraction of sp³-hybridized carbons (Fsp3) is 0.238. The van der Waals surface area contributed by atoms with Crippen molar-refractivity contribution in [1.29, 1.82) is 0 Å². The molecule has 1 fully saturated rings. The summed E-state index contributed by atoms with van der Waals surface area (Å²) in [5.41, 5.74) is 2.24. The van der Waals surface area contributed by atoms with Gasteiger partial charge in [-0.05, 0) is 42.3 Å². The fourth-order valence-electron chi connectivity index (χ4n) is 3.05. The Balaban J connectivity index is 1.68. The Kier molecular flexibility index (Phi) is 6.03. The lowest BCUT2D eigenvalue weighted by atomic mass is 10.1. The Hall–Kier alpha value is -3.13. The van der Waals surface area contributed by atoms with Gasteiger partial charge in [-0.15, -0.1) is 0 Å². The molecule has 1 saturated heterocycles. The lowest BCUT2D eigenvalue weighted by molar-refractivity contribution is -0.111. The maximum absolute atomic E-state index is 12.3. The van der Waals surface area contributed by atoms with Gasteiger partial charge in [-0.25, -0.2) is 8.42 Å². The van der Waals surface area contributed by atoms with Gasteiger partial charge in [0, 0.05) is 26.7 Å². The average Bonchev–Trinajstić information content (AvgIpc) is 3.05. The molecule has 8 heteroatoms. The van der Waals surface area contributed by atoms with Crippen LogP contribution in [0.4, 0.5) is 11.4 Å². The van der Waals surface area contributed by atoms with Gasteiger partial charge in [-0.2, -0.15) is 0 Å². The predicted octanol–water partition coefficient (Wildman–Crippen LogP) is 2.58. The monoisotopic (exact) mass is 413 g/mol. The highest BCUT2D eigenvalue weighted by atomic mass is 32.2. The number of carbonyl (C=O) groups is 2. The Morgan fingerprint density at radius 3 is 2.38 bits per heavy atom. The van der Waals surface area contributed by atoms with Gasteiger partial charge < -0.3 is 10.2 Å². The summed E-state index contributed by atoms with van der Waals surface area (Å²) < 4.78 is 25.4. The normalized spacial score (nSPS) is 15.4. The van der Waals surface area contributed by atoms with Crippen LogP contribution in [0.5, 0.6) is 0 Å². The lowest BCUT2D eigenvalue weighted by Crippen LogP contribution is -2.24. The number of para-hydroxylation sites is 1. The molecule has 0 aliphatic carbocycles. The summed E-state index contributed by atoms with van der Waals surface area (Å²) in [5, 5.41) is 2.72. The van der Waals surface area contributed by atoms with E-state index in [9.17, 15) is 18.0 Å². The summed E-state index contributed by atoms with van der Waals surface area (Å²) >= 11 is 0. The summed E-state index contributed by atoms with van der Waals surface area (Å²) in [6.45, 7) is 0.491. The number of nitrogens with one attached hydrogen (secondary N) is 1. The minimum atomic E-state index is -3.21. The zero-order valence-electron chi connectivity index (χ0n) is 16.3. The Morgan fingerprint density at radius 2 is 1.76 bits per heavy atom. The van der Waals surface area contributed by atoms with Crippen LogP contribution < -0.4 is 9.62 Å². The second kappa shape index (κ2) is 8.48. The number of hydrogen-bond acceptors (Lipinski definition) is 4. The molecule has 0 bridgehead atoms. The third kappa shape index (κ3) is 4.83. The number of sulfonamides is 1. The van der Waals surface area contributed by atoms with Gasteiger partial charge in [0.05, 0.1) is 22.7 Å². The molecule has 2 aromatic carbocycles. The van der Waals surface area contributed by atoms with Crippen molar-refractivity contribution in [2.45, 2.75) is 6.42 Å². The molecule has 2 amide bonds. The maximum Gasteiger partial charge on any atom is 0.255 e. The highest BCUT2D eigenvalue weighted by Gasteiger charge is 2.28. The third-order valence-electron chi connectivity index (χ3n) is 4.53. The maximum atomic E-state index is 12.3. The van der Waals surface area contributed by atoms with Crippen molar-refractivity contribution in [3.8, 4) is 0 Å². The molecule has 0 atom stereocenters. The molecular formula is C21H23N3O4S. The van der Waals surface area contributed by atoms with Crippen molar-refractivity contribution in [2.75, 3.05) is 36.0 Å². The van der Waals surface area contributed by atoms with Crippen molar-refractivity contribution in [2.24, 2.45) is 0 Å². The molecule has 0 aromatic heterocycles. The smallest absolute Gasteiger partial charge is 0.255 e. The van der Waals surface area contributed by atoms with Crippen LogP contribution >= 0.6 is 0 Å². The van der Waals surface area contributed by atoms with E-state index in [1.165, 1.54) is 15.3 Å². The zero-order valence-corrected chi connectivity index (χ0v) is 17.1. The molecule has 1 heterocycles. The standard InChI is InChI=1S/C21H23N3O4S/c1-23(2)21(26)18-6-3-4-7-19(18)22-20(25)13-10-16-8-11-17(12-9-16)24-14-5-15-29(24,27)28/h3-4,6-13H,5,14-15H2,1-2H3,(H,22,25)/b13-10+. The first-order valence-electron chi connectivity index (χ1n) is 9.18. The first-order chi connectivity index (χ1) is 13.8. The van der Waals surface area contributed by atoms with Crippen LogP contribution in [0.2, 0.25) is 0 Å². The quantitative estimate of drug-likeness (QED) is 0.764. The van der Waals surface area contributed by atoms with Gasteiger partial charge in [0.25, 0.3) is 5.91 Å². The zero-order chi connectivity index (χ0) is 21.0. The number of hydrogen-bond donors (Lipinski definition) is 1. The summed E-state index contributed by atoms with van der Waals surface area (Å²) in [4.78, 5) is 26.0. The Morgan fingerprint density at radius 1 is 1.07 bits per heavy atom. The van der Waals surface area contributed by atoms with Gasteiger partial charge >= 0.3 is 0 Å². The number of amides is 2. The summed E-state index contributed by atoms with van der Waals surface area (Å²) in [6, 6.07) is 13.8. The van der Waals surface area contributed by atoms with E-state index in [4.69, 9.17) is 0 Å². The van der Waals surface area contributed by atoms with Crippen LogP contribution in [0.15, 0.2) is 54.6 Å². The molecule has 0 radical (unpaired) electrons. The van der Waals surface area contributed by atoms with E-state index in [1.54, 1.807) is 68.7 Å². The van der Waals surface area contributed by atoms with Crippen molar-refractivity contribution >= 4 is 39.3 Å². The third-order valence-corrected chi connectivity index (χ3v) is 6.40. The molecule has 2 aromatic rings. The average molecular weight is 413 g/mol. The van der Waals surface area contributed by atoms with E-state index in [0.29, 0.717) is 29.9 Å². The fourth-order valence-corrected chi connectivity index (χ4v) is 4.61. The summed E-state index contributed by atoms with van der Waals surface area (Å²) in [6.07, 6.45) is 3.63. The molecule has 0 saturated carbocycles. The Labute approximate surface area is 170 Å². The SMILES string of the molecule is CN(C)C(=O)c1ccccc1NC(=O)/C=C/c1ccc(N2CCCS2(=O)=O)cc1. The Bertz CT molecular complexity index is 1040. The van der Waals surface area contributed by atoms with Crippen molar-refractivity contribution in [3.63, 3.8) is 0 Å². The summed E-state index contributed by atoms with van der Waals surface area (Å²) in [5.74, 6) is -0.389. The molecule has 0 unspecified atom stereocenters. The first-order valence-corrected chi connectivity index (χ1v) is 10.8. The molecule has 1 aliphatic rings. The number of anilines is 2. The predicted molar refractivity (Wildman–Crippen MR) is 114 cm³/mol. The molecule has 3 rings (SSSR count). The van der Waals surface area contributed by atoms with Crippen LogP contribution in [0.3, 0.4) is 0 Å². The second-order valence-electron chi connectivity index (χ2n) is 6.90. The number of rotatable bonds is 5. The molecule has 152 valence electrons. The minimum Gasteiger partial charge on any atom is -0.345 e.